The van der Waals surface area contributed by atoms with Crippen molar-refractivity contribution in [3.8, 4) is 0 Å². The molecule has 1 aliphatic rings. The van der Waals surface area contributed by atoms with Gasteiger partial charge in [0.25, 0.3) is 10.2 Å². The highest BCUT2D eigenvalue weighted by Crippen LogP contribution is 2.26. The van der Waals surface area contributed by atoms with Crippen LogP contribution in [0.25, 0.3) is 0 Å². The van der Waals surface area contributed by atoms with Gasteiger partial charge in [-0.25, -0.2) is 0 Å². The lowest BCUT2D eigenvalue weighted by atomic mass is 9.93. The Hall–Kier alpha value is -0.380. The molecule has 0 saturated heterocycles. The molecule has 0 aromatic heterocycles. The number of halogens is 3. The van der Waals surface area contributed by atoms with Gasteiger partial charge in [-0.3, -0.25) is 0 Å². The molecule has 0 radical (unpaired) electrons. The maximum Gasteiger partial charge on any atom is 0.402 e. The summed E-state index contributed by atoms with van der Waals surface area (Å²) in [5, 5.41) is 8.74. The number of aliphatic hydroxyl groups excluding tert-OH is 1. The standard InChI is InChI=1S/C8H15F3N2O3S/c9-8(10,11)6-12-17(15,16)13(4-5-14)7-2-1-3-7/h7,12,14H,1-6H2. The fraction of sp³-hybridized carbons (Fsp3) is 1.00. The van der Waals surface area contributed by atoms with Gasteiger partial charge in [0.1, 0.15) is 6.54 Å². The first kappa shape index (κ1) is 14.7. The minimum Gasteiger partial charge on any atom is -0.395 e. The van der Waals surface area contributed by atoms with Gasteiger partial charge >= 0.3 is 6.18 Å². The van der Waals surface area contributed by atoms with Crippen molar-refractivity contribution in [3.63, 3.8) is 0 Å². The van der Waals surface area contributed by atoms with E-state index in [0.717, 1.165) is 10.7 Å². The van der Waals surface area contributed by atoms with E-state index in [1.165, 1.54) is 4.72 Å². The van der Waals surface area contributed by atoms with E-state index in [0.29, 0.717) is 12.8 Å². The van der Waals surface area contributed by atoms with Crippen molar-refractivity contribution in [2.45, 2.75) is 31.5 Å². The van der Waals surface area contributed by atoms with Gasteiger partial charge in [0.05, 0.1) is 6.61 Å². The van der Waals surface area contributed by atoms with E-state index in [9.17, 15) is 21.6 Å². The molecule has 102 valence electrons. The van der Waals surface area contributed by atoms with Gasteiger partial charge in [0.2, 0.25) is 0 Å². The largest absolute Gasteiger partial charge is 0.402 e. The van der Waals surface area contributed by atoms with E-state index >= 15 is 0 Å². The zero-order chi connectivity index (χ0) is 13.1. The minimum atomic E-state index is -4.59. The quantitative estimate of drug-likeness (QED) is 0.729. The van der Waals surface area contributed by atoms with Crippen LogP contribution in [0.4, 0.5) is 13.2 Å². The van der Waals surface area contributed by atoms with Gasteiger partial charge in [-0.1, -0.05) is 6.42 Å². The number of alkyl halides is 3. The van der Waals surface area contributed by atoms with E-state index in [1.54, 1.807) is 0 Å². The van der Waals surface area contributed by atoms with Crippen molar-refractivity contribution in [3.05, 3.63) is 0 Å². The maximum atomic E-state index is 11.9. The highest BCUT2D eigenvalue weighted by atomic mass is 32.2. The molecule has 0 heterocycles. The smallest absolute Gasteiger partial charge is 0.395 e. The molecular formula is C8H15F3N2O3S. The van der Waals surface area contributed by atoms with Gasteiger partial charge in [-0.2, -0.15) is 30.6 Å². The third kappa shape index (κ3) is 4.41. The SMILES string of the molecule is O=S(=O)(NCC(F)(F)F)N(CCO)C1CCC1. The van der Waals surface area contributed by atoms with E-state index < -0.39 is 29.5 Å². The highest BCUT2D eigenvalue weighted by Gasteiger charge is 2.36. The minimum absolute atomic E-state index is 0.183. The van der Waals surface area contributed by atoms with Crippen molar-refractivity contribution < 1.29 is 26.7 Å². The number of hydrogen-bond acceptors (Lipinski definition) is 3. The molecule has 1 saturated carbocycles. The third-order valence-electron chi connectivity index (χ3n) is 2.57. The molecule has 0 amide bonds. The first-order valence-electron chi connectivity index (χ1n) is 5.20. The summed E-state index contributed by atoms with van der Waals surface area (Å²) in [6.45, 7) is -2.19. The van der Waals surface area contributed by atoms with E-state index in [-0.39, 0.29) is 12.6 Å². The molecule has 0 aromatic carbocycles. The van der Waals surface area contributed by atoms with E-state index in [1.807, 2.05) is 0 Å². The lowest BCUT2D eigenvalue weighted by molar-refractivity contribution is -0.121. The van der Waals surface area contributed by atoms with Crippen molar-refractivity contribution in [2.75, 3.05) is 19.7 Å². The van der Waals surface area contributed by atoms with Crippen LogP contribution >= 0.6 is 0 Å². The number of aliphatic hydroxyl groups is 1. The topological polar surface area (TPSA) is 69.6 Å². The molecule has 1 aliphatic carbocycles. The Balaban J connectivity index is 2.63. The van der Waals surface area contributed by atoms with Gasteiger partial charge in [0.15, 0.2) is 0 Å². The summed E-state index contributed by atoms with van der Waals surface area (Å²) >= 11 is 0. The number of rotatable bonds is 6. The van der Waals surface area contributed by atoms with Crippen LogP contribution in [0, 0.1) is 0 Å². The van der Waals surface area contributed by atoms with Crippen molar-refractivity contribution in [1.29, 1.82) is 0 Å². The predicted octanol–water partition coefficient (Wildman–Crippen LogP) is 0.230. The summed E-state index contributed by atoms with van der Waals surface area (Å²) < 4.78 is 61.4. The van der Waals surface area contributed by atoms with Crippen LogP contribution in [0.2, 0.25) is 0 Å². The first-order chi connectivity index (χ1) is 7.76. The molecule has 0 unspecified atom stereocenters. The second-order valence-electron chi connectivity index (χ2n) is 3.86. The van der Waals surface area contributed by atoms with Crippen LogP contribution in [0.1, 0.15) is 19.3 Å². The molecule has 0 aromatic rings. The highest BCUT2D eigenvalue weighted by molar-refractivity contribution is 7.87. The lowest BCUT2D eigenvalue weighted by Gasteiger charge is -2.36. The van der Waals surface area contributed by atoms with Crippen molar-refractivity contribution in [2.24, 2.45) is 0 Å². The average Bonchev–Trinajstić information content (AvgIpc) is 2.10. The molecule has 17 heavy (non-hydrogen) atoms. The van der Waals surface area contributed by atoms with Gasteiger partial charge in [-0.05, 0) is 12.8 Å². The summed E-state index contributed by atoms with van der Waals surface area (Å²) in [6.07, 6.45) is -2.50. The molecule has 0 bridgehead atoms. The first-order valence-corrected chi connectivity index (χ1v) is 6.64. The van der Waals surface area contributed by atoms with Crippen LogP contribution in [0.5, 0.6) is 0 Å². The molecular weight excluding hydrogens is 261 g/mol. The number of hydrogen-bond donors (Lipinski definition) is 2. The molecule has 2 N–H and O–H groups in total. The van der Waals surface area contributed by atoms with Gasteiger partial charge in [-0.15, -0.1) is 0 Å². The summed E-state index contributed by atoms with van der Waals surface area (Å²) in [4.78, 5) is 0. The van der Waals surface area contributed by atoms with Crippen LogP contribution in [-0.2, 0) is 10.2 Å². The van der Waals surface area contributed by atoms with Crippen molar-refractivity contribution in [1.82, 2.24) is 9.03 Å². The Labute approximate surface area is 97.8 Å². The zero-order valence-corrected chi connectivity index (χ0v) is 9.89. The molecule has 0 atom stereocenters. The Morgan fingerprint density at radius 1 is 1.35 bits per heavy atom. The lowest BCUT2D eigenvalue weighted by Crippen LogP contribution is -2.51. The van der Waals surface area contributed by atoms with Crippen LogP contribution in [0.15, 0.2) is 0 Å². The van der Waals surface area contributed by atoms with Crippen LogP contribution in [0.3, 0.4) is 0 Å². The molecule has 0 aliphatic heterocycles. The molecule has 5 nitrogen and oxygen atoms in total. The van der Waals surface area contributed by atoms with Gasteiger partial charge in [0, 0.05) is 12.6 Å². The van der Waals surface area contributed by atoms with Crippen LogP contribution in [-0.4, -0.2) is 49.7 Å². The third-order valence-corrected chi connectivity index (χ3v) is 4.17. The summed E-state index contributed by atoms with van der Waals surface area (Å²) in [5.41, 5.74) is 0. The summed E-state index contributed by atoms with van der Waals surface area (Å²) in [6, 6.07) is -0.298. The van der Waals surface area contributed by atoms with E-state index in [4.69, 9.17) is 5.11 Å². The molecule has 1 fully saturated rings. The van der Waals surface area contributed by atoms with E-state index in [2.05, 4.69) is 0 Å². The fourth-order valence-electron chi connectivity index (χ4n) is 1.53. The second-order valence-corrected chi connectivity index (χ2v) is 5.57. The Morgan fingerprint density at radius 3 is 2.29 bits per heavy atom. The normalized spacial score (nSPS) is 18.4. The molecule has 1 rings (SSSR count). The van der Waals surface area contributed by atoms with Gasteiger partial charge < -0.3 is 5.11 Å². The second kappa shape index (κ2) is 5.51. The zero-order valence-electron chi connectivity index (χ0n) is 9.07. The van der Waals surface area contributed by atoms with Crippen molar-refractivity contribution >= 4 is 10.2 Å². The molecule has 9 heteroatoms. The molecule has 0 spiro atoms. The average molecular weight is 276 g/mol. The van der Waals surface area contributed by atoms with Crippen LogP contribution < -0.4 is 4.72 Å². The predicted molar refractivity (Wildman–Crippen MR) is 54.4 cm³/mol. The number of nitrogens with one attached hydrogen (secondary N) is 1. The Bertz CT molecular complexity index is 340. The Kier molecular flexibility index (Phi) is 4.76. The number of nitrogens with zero attached hydrogens (tertiary/aromatic N) is 1. The summed E-state index contributed by atoms with van der Waals surface area (Å²) in [7, 11) is -4.17. The maximum absolute atomic E-state index is 11.9. The fourth-order valence-corrected chi connectivity index (χ4v) is 2.97. The Morgan fingerprint density at radius 2 is 1.94 bits per heavy atom. The summed E-state index contributed by atoms with van der Waals surface area (Å²) in [5.74, 6) is 0. The monoisotopic (exact) mass is 276 g/mol.